The van der Waals surface area contributed by atoms with Gasteiger partial charge in [-0.2, -0.15) is 0 Å². The normalized spacial score (nSPS) is 11.0. The molecule has 1 aromatic carbocycles. The van der Waals surface area contributed by atoms with Crippen LogP contribution in [0.4, 0.5) is 4.79 Å². The van der Waals surface area contributed by atoms with Crippen LogP contribution >= 0.6 is 0 Å². The molecule has 2 amide bonds. The molecule has 2 aromatic rings. The number of carbonyl (C=O) groups excluding carboxylic acids is 1. The van der Waals surface area contributed by atoms with Crippen molar-refractivity contribution in [3.05, 3.63) is 59.9 Å². The van der Waals surface area contributed by atoms with E-state index in [2.05, 4.69) is 15.6 Å². The molecule has 22 heavy (non-hydrogen) atoms. The average molecular weight is 320 g/mol. The zero-order chi connectivity index (χ0) is 16.0. The summed E-state index contributed by atoms with van der Waals surface area (Å²) in [6, 6.07) is 9.32. The summed E-state index contributed by atoms with van der Waals surface area (Å²) in [7, 11) is -3.69. The highest BCUT2D eigenvalue weighted by molar-refractivity contribution is 7.89. The molecule has 0 radical (unpaired) electrons. The quantitative estimate of drug-likeness (QED) is 0.753. The number of sulfonamides is 1. The van der Waals surface area contributed by atoms with Crippen LogP contribution in [0, 0.1) is 0 Å². The minimum Gasteiger partial charge on any atom is -0.334 e. The van der Waals surface area contributed by atoms with Crippen molar-refractivity contribution in [1.29, 1.82) is 0 Å². The van der Waals surface area contributed by atoms with Crippen molar-refractivity contribution < 1.29 is 13.2 Å². The number of nitrogens with one attached hydrogen (secondary N) is 2. The fraction of sp³-hybridized carbons (Fsp3) is 0.143. The Hall–Kier alpha value is -2.45. The van der Waals surface area contributed by atoms with E-state index in [9.17, 15) is 13.2 Å². The zero-order valence-electron chi connectivity index (χ0n) is 11.7. The number of hydrogen-bond donors (Lipinski definition) is 3. The molecular formula is C14H16N4O3S. The third kappa shape index (κ3) is 4.83. The van der Waals surface area contributed by atoms with E-state index < -0.39 is 10.0 Å². The summed E-state index contributed by atoms with van der Waals surface area (Å²) < 4.78 is 22.2. The van der Waals surface area contributed by atoms with Gasteiger partial charge in [-0.3, -0.25) is 4.98 Å². The van der Waals surface area contributed by atoms with Gasteiger partial charge in [0.25, 0.3) is 0 Å². The van der Waals surface area contributed by atoms with E-state index in [1.807, 2.05) is 12.1 Å². The second kappa shape index (κ2) is 7.01. The first-order valence-corrected chi connectivity index (χ1v) is 8.02. The SMILES string of the molecule is NS(=O)(=O)c1ccc(CNC(=O)NCc2ccncc2)cc1. The lowest BCUT2D eigenvalue weighted by Gasteiger charge is -2.08. The van der Waals surface area contributed by atoms with Crippen molar-refractivity contribution in [3.63, 3.8) is 0 Å². The predicted molar refractivity (Wildman–Crippen MR) is 81.1 cm³/mol. The van der Waals surface area contributed by atoms with Gasteiger partial charge in [0, 0.05) is 25.5 Å². The third-order valence-electron chi connectivity index (χ3n) is 2.91. The molecule has 0 aliphatic heterocycles. The van der Waals surface area contributed by atoms with Gasteiger partial charge in [0.15, 0.2) is 0 Å². The Labute approximate surface area is 128 Å². The first-order valence-electron chi connectivity index (χ1n) is 6.47. The molecule has 1 aromatic heterocycles. The van der Waals surface area contributed by atoms with Crippen LogP contribution in [0.5, 0.6) is 0 Å². The summed E-state index contributed by atoms with van der Waals surface area (Å²) in [6.07, 6.45) is 3.31. The Morgan fingerprint density at radius 2 is 1.45 bits per heavy atom. The van der Waals surface area contributed by atoms with Crippen LogP contribution < -0.4 is 15.8 Å². The summed E-state index contributed by atoms with van der Waals surface area (Å²) >= 11 is 0. The van der Waals surface area contributed by atoms with Crippen molar-refractivity contribution in [2.75, 3.05) is 0 Å². The molecule has 7 nitrogen and oxygen atoms in total. The highest BCUT2D eigenvalue weighted by atomic mass is 32.2. The van der Waals surface area contributed by atoms with Gasteiger partial charge in [-0.1, -0.05) is 12.1 Å². The summed E-state index contributed by atoms with van der Waals surface area (Å²) in [5.74, 6) is 0. The molecule has 8 heteroatoms. The van der Waals surface area contributed by atoms with Crippen LogP contribution in [0.2, 0.25) is 0 Å². The second-order valence-corrected chi connectivity index (χ2v) is 6.14. The zero-order valence-corrected chi connectivity index (χ0v) is 12.5. The fourth-order valence-corrected chi connectivity index (χ4v) is 2.24. The van der Waals surface area contributed by atoms with E-state index in [4.69, 9.17) is 5.14 Å². The van der Waals surface area contributed by atoms with Gasteiger partial charge in [-0.15, -0.1) is 0 Å². The van der Waals surface area contributed by atoms with Crippen LogP contribution in [-0.4, -0.2) is 19.4 Å². The van der Waals surface area contributed by atoms with Gasteiger partial charge in [0.1, 0.15) is 0 Å². The number of pyridine rings is 1. The Morgan fingerprint density at radius 3 is 1.95 bits per heavy atom. The summed E-state index contributed by atoms with van der Waals surface area (Å²) in [6.45, 7) is 0.686. The van der Waals surface area contributed by atoms with Crippen molar-refractivity contribution in [2.45, 2.75) is 18.0 Å². The van der Waals surface area contributed by atoms with Crippen molar-refractivity contribution in [1.82, 2.24) is 15.6 Å². The second-order valence-electron chi connectivity index (χ2n) is 4.58. The van der Waals surface area contributed by atoms with E-state index in [1.54, 1.807) is 24.5 Å². The molecule has 116 valence electrons. The molecule has 0 unspecified atom stereocenters. The van der Waals surface area contributed by atoms with E-state index >= 15 is 0 Å². The Balaban J connectivity index is 1.81. The average Bonchev–Trinajstić information content (AvgIpc) is 2.51. The predicted octanol–water partition coefficient (Wildman–Crippen LogP) is 0.728. The molecule has 0 fully saturated rings. The van der Waals surface area contributed by atoms with E-state index in [1.165, 1.54) is 12.1 Å². The Bertz CT molecular complexity index is 730. The molecule has 0 spiro atoms. The number of nitrogens with zero attached hydrogens (tertiary/aromatic N) is 1. The number of primary sulfonamides is 1. The molecule has 0 atom stereocenters. The first kappa shape index (κ1) is 15.9. The molecular weight excluding hydrogens is 304 g/mol. The highest BCUT2D eigenvalue weighted by Crippen LogP contribution is 2.08. The number of urea groups is 1. The van der Waals surface area contributed by atoms with Crippen LogP contribution in [-0.2, 0) is 23.1 Å². The van der Waals surface area contributed by atoms with Gasteiger partial charge in [0.2, 0.25) is 10.0 Å². The topological polar surface area (TPSA) is 114 Å². The summed E-state index contributed by atoms with van der Waals surface area (Å²) in [4.78, 5) is 15.6. The third-order valence-corrected chi connectivity index (χ3v) is 3.84. The minimum atomic E-state index is -3.69. The molecule has 0 aliphatic rings. The van der Waals surface area contributed by atoms with E-state index in [0.717, 1.165) is 11.1 Å². The molecule has 0 aliphatic carbocycles. The number of nitrogens with two attached hydrogens (primary N) is 1. The largest absolute Gasteiger partial charge is 0.334 e. The van der Waals surface area contributed by atoms with Gasteiger partial charge >= 0.3 is 6.03 Å². The highest BCUT2D eigenvalue weighted by Gasteiger charge is 2.07. The number of benzene rings is 1. The number of rotatable bonds is 5. The Kier molecular flexibility index (Phi) is 5.08. The maximum atomic E-state index is 11.7. The van der Waals surface area contributed by atoms with Crippen LogP contribution in [0.3, 0.4) is 0 Å². The Morgan fingerprint density at radius 1 is 0.955 bits per heavy atom. The lowest BCUT2D eigenvalue weighted by atomic mass is 10.2. The van der Waals surface area contributed by atoms with Crippen molar-refractivity contribution in [2.24, 2.45) is 5.14 Å². The van der Waals surface area contributed by atoms with Gasteiger partial charge in [-0.25, -0.2) is 18.4 Å². The van der Waals surface area contributed by atoms with E-state index in [0.29, 0.717) is 6.54 Å². The van der Waals surface area contributed by atoms with Crippen LogP contribution in [0.1, 0.15) is 11.1 Å². The van der Waals surface area contributed by atoms with Crippen LogP contribution in [0.25, 0.3) is 0 Å². The molecule has 0 saturated carbocycles. The monoisotopic (exact) mass is 320 g/mol. The van der Waals surface area contributed by atoms with Gasteiger partial charge < -0.3 is 10.6 Å². The smallest absolute Gasteiger partial charge is 0.315 e. The molecule has 0 bridgehead atoms. The maximum absolute atomic E-state index is 11.7. The first-order chi connectivity index (χ1) is 10.4. The molecule has 2 rings (SSSR count). The maximum Gasteiger partial charge on any atom is 0.315 e. The van der Waals surface area contributed by atoms with E-state index in [-0.39, 0.29) is 17.5 Å². The molecule has 0 saturated heterocycles. The summed E-state index contributed by atoms with van der Waals surface area (Å²) in [5, 5.41) is 10.4. The van der Waals surface area contributed by atoms with Crippen LogP contribution in [0.15, 0.2) is 53.7 Å². The number of hydrogen-bond acceptors (Lipinski definition) is 4. The number of aromatic nitrogens is 1. The number of amides is 2. The lowest BCUT2D eigenvalue weighted by molar-refractivity contribution is 0.240. The molecule has 1 heterocycles. The number of carbonyl (C=O) groups is 1. The lowest BCUT2D eigenvalue weighted by Crippen LogP contribution is -2.34. The van der Waals surface area contributed by atoms with Gasteiger partial charge in [-0.05, 0) is 35.4 Å². The van der Waals surface area contributed by atoms with Crippen molar-refractivity contribution >= 4 is 16.1 Å². The fourth-order valence-electron chi connectivity index (χ4n) is 1.72. The summed E-state index contributed by atoms with van der Waals surface area (Å²) in [5.41, 5.74) is 1.72. The molecule has 4 N–H and O–H groups in total. The minimum absolute atomic E-state index is 0.0402. The van der Waals surface area contributed by atoms with Gasteiger partial charge in [0.05, 0.1) is 4.90 Å². The van der Waals surface area contributed by atoms with Crippen molar-refractivity contribution in [3.8, 4) is 0 Å². The standard InChI is InChI=1S/C14H16N4O3S/c15-22(20,21)13-3-1-11(2-4-13)9-17-14(19)18-10-12-5-7-16-8-6-12/h1-8H,9-10H2,(H2,15,20,21)(H2,17,18,19).